The zero-order valence-electron chi connectivity index (χ0n) is 19.4. The number of aryl methyl sites for hydroxylation is 1. The van der Waals surface area contributed by atoms with E-state index in [1.807, 2.05) is 0 Å². The number of hydrogen-bond donors (Lipinski definition) is 1. The summed E-state index contributed by atoms with van der Waals surface area (Å²) in [6.07, 6.45) is 11.1. The first-order chi connectivity index (χ1) is 15.5. The number of carbonyl (C=O) groups is 1. The van der Waals surface area contributed by atoms with Crippen molar-refractivity contribution in [3.05, 3.63) is 52.9 Å². The monoisotopic (exact) mass is 433 g/mol. The maximum Gasteiger partial charge on any atom is 0.277 e. The molecule has 0 bridgehead atoms. The van der Waals surface area contributed by atoms with Crippen molar-refractivity contribution < 1.29 is 9.32 Å². The van der Waals surface area contributed by atoms with Gasteiger partial charge in [-0.1, -0.05) is 24.2 Å². The number of piperidine rings is 1. The number of anilines is 1. The number of benzene rings is 1. The molecule has 0 spiro atoms. The average Bonchev–Trinajstić information content (AvgIpc) is 3.51. The standard InChI is InChI=1S/C27H35N3O2/c1-18-3-7-22(8-4-18)24-16-23(21-11-13-30(14-12-21)17-20-5-6-20)9-10-25(24)28-27(31)26-15-19(2)32-29-26/h7,9-10,15-16,18,20-21H,3-6,8,11-14,17H2,1-2H3,(H,28,31). The van der Waals surface area contributed by atoms with E-state index in [0.717, 1.165) is 30.4 Å². The molecule has 2 heterocycles. The van der Waals surface area contributed by atoms with Gasteiger partial charge in [-0.3, -0.25) is 4.79 Å². The largest absolute Gasteiger partial charge is 0.361 e. The van der Waals surface area contributed by atoms with Crippen LogP contribution in [0, 0.1) is 18.8 Å². The van der Waals surface area contributed by atoms with Crippen LogP contribution in [-0.4, -0.2) is 35.6 Å². The molecule has 5 heteroatoms. The van der Waals surface area contributed by atoms with E-state index in [1.165, 1.54) is 68.4 Å². The minimum atomic E-state index is -0.214. The Hall–Kier alpha value is -2.40. The van der Waals surface area contributed by atoms with Crippen LogP contribution < -0.4 is 5.32 Å². The summed E-state index contributed by atoms with van der Waals surface area (Å²) in [5, 5.41) is 6.98. The van der Waals surface area contributed by atoms with Gasteiger partial charge >= 0.3 is 0 Å². The Kier molecular flexibility index (Phi) is 6.18. The first-order valence-electron chi connectivity index (χ1n) is 12.4. The van der Waals surface area contributed by atoms with Gasteiger partial charge in [0.05, 0.1) is 0 Å². The fraction of sp³-hybridized carbons (Fsp3) is 0.556. The molecular weight excluding hydrogens is 398 g/mol. The minimum Gasteiger partial charge on any atom is -0.361 e. The van der Waals surface area contributed by atoms with Crippen molar-refractivity contribution in [3.63, 3.8) is 0 Å². The third-order valence-corrected chi connectivity index (χ3v) is 7.44. The molecule has 1 N–H and O–H groups in total. The van der Waals surface area contributed by atoms with Gasteiger partial charge in [-0.25, -0.2) is 0 Å². The van der Waals surface area contributed by atoms with Crippen LogP contribution in [-0.2, 0) is 0 Å². The Labute approximate surface area is 191 Å². The van der Waals surface area contributed by atoms with Gasteiger partial charge in [0.1, 0.15) is 5.76 Å². The van der Waals surface area contributed by atoms with E-state index in [4.69, 9.17) is 4.52 Å². The van der Waals surface area contributed by atoms with Gasteiger partial charge in [0, 0.05) is 23.9 Å². The number of allylic oxidation sites excluding steroid dienone is 2. The predicted molar refractivity (Wildman–Crippen MR) is 128 cm³/mol. The number of amides is 1. The molecule has 3 aliphatic rings. The maximum absolute atomic E-state index is 12.8. The van der Waals surface area contributed by atoms with E-state index in [-0.39, 0.29) is 5.91 Å². The fourth-order valence-electron chi connectivity index (χ4n) is 5.17. The highest BCUT2D eigenvalue weighted by molar-refractivity contribution is 6.04. The van der Waals surface area contributed by atoms with Gasteiger partial charge in [-0.05, 0) is 106 Å². The van der Waals surface area contributed by atoms with E-state index in [0.29, 0.717) is 17.4 Å². The van der Waals surface area contributed by atoms with Crippen molar-refractivity contribution in [1.29, 1.82) is 0 Å². The first-order valence-corrected chi connectivity index (χ1v) is 12.4. The highest BCUT2D eigenvalue weighted by Gasteiger charge is 2.28. The molecule has 32 heavy (non-hydrogen) atoms. The topological polar surface area (TPSA) is 58.4 Å². The second-order valence-electron chi connectivity index (χ2n) is 10.2. The van der Waals surface area contributed by atoms with E-state index < -0.39 is 0 Å². The summed E-state index contributed by atoms with van der Waals surface area (Å²) < 4.78 is 5.09. The van der Waals surface area contributed by atoms with Crippen molar-refractivity contribution in [3.8, 4) is 0 Å². The van der Waals surface area contributed by atoms with E-state index >= 15 is 0 Å². The van der Waals surface area contributed by atoms with Gasteiger partial charge in [-0.15, -0.1) is 0 Å². The number of aromatic nitrogens is 1. The Morgan fingerprint density at radius 3 is 2.62 bits per heavy atom. The molecule has 1 aromatic carbocycles. The fourth-order valence-corrected chi connectivity index (χ4v) is 5.17. The summed E-state index contributed by atoms with van der Waals surface area (Å²) in [5.41, 5.74) is 5.17. The Bertz CT molecular complexity index is 996. The first kappa shape index (κ1) is 21.4. The normalized spacial score (nSPS) is 22.6. The molecule has 1 aromatic heterocycles. The van der Waals surface area contributed by atoms with Crippen LogP contribution in [0.5, 0.6) is 0 Å². The van der Waals surface area contributed by atoms with Crippen LogP contribution in [0.15, 0.2) is 34.9 Å². The Morgan fingerprint density at radius 1 is 1.16 bits per heavy atom. The number of hydrogen-bond acceptors (Lipinski definition) is 4. The number of rotatable bonds is 6. The third-order valence-electron chi connectivity index (χ3n) is 7.44. The lowest BCUT2D eigenvalue weighted by molar-refractivity contribution is 0.101. The molecule has 2 aliphatic carbocycles. The van der Waals surface area contributed by atoms with Crippen molar-refractivity contribution >= 4 is 17.2 Å². The third kappa shape index (κ3) is 4.98. The molecule has 1 amide bonds. The van der Waals surface area contributed by atoms with E-state index in [1.54, 1.807) is 13.0 Å². The molecule has 1 atom stereocenters. The quantitative estimate of drug-likeness (QED) is 0.604. The molecule has 0 radical (unpaired) electrons. The zero-order valence-corrected chi connectivity index (χ0v) is 19.4. The predicted octanol–water partition coefficient (Wildman–Crippen LogP) is 6.03. The van der Waals surface area contributed by atoms with Crippen LogP contribution >= 0.6 is 0 Å². The number of nitrogens with one attached hydrogen (secondary N) is 1. The Balaban J connectivity index is 1.36. The SMILES string of the molecule is Cc1cc(C(=O)Nc2ccc(C3CCN(CC4CC4)CC3)cc2C2=CCC(C)CC2)no1. The summed E-state index contributed by atoms with van der Waals surface area (Å²) in [6, 6.07) is 8.36. The average molecular weight is 434 g/mol. The maximum atomic E-state index is 12.8. The minimum absolute atomic E-state index is 0.214. The molecule has 1 saturated carbocycles. The lowest BCUT2D eigenvalue weighted by Gasteiger charge is -2.32. The van der Waals surface area contributed by atoms with Gasteiger partial charge in [0.15, 0.2) is 5.69 Å². The van der Waals surface area contributed by atoms with Crippen molar-refractivity contribution in [1.82, 2.24) is 10.1 Å². The summed E-state index contributed by atoms with van der Waals surface area (Å²) >= 11 is 0. The highest BCUT2D eigenvalue weighted by Crippen LogP contribution is 2.38. The smallest absolute Gasteiger partial charge is 0.277 e. The lowest BCUT2D eigenvalue weighted by Crippen LogP contribution is -2.34. The van der Waals surface area contributed by atoms with Gasteiger partial charge in [0.2, 0.25) is 0 Å². The van der Waals surface area contributed by atoms with Crippen LogP contribution in [0.2, 0.25) is 0 Å². The van der Waals surface area contributed by atoms with Crippen LogP contribution in [0.1, 0.15) is 85.2 Å². The van der Waals surface area contributed by atoms with Crippen LogP contribution in [0.3, 0.4) is 0 Å². The molecule has 170 valence electrons. The molecule has 5 nitrogen and oxygen atoms in total. The number of likely N-dealkylation sites (tertiary alicyclic amines) is 1. The second-order valence-corrected chi connectivity index (χ2v) is 10.2. The lowest BCUT2D eigenvalue weighted by atomic mass is 9.83. The van der Waals surface area contributed by atoms with Gasteiger partial charge in [0.25, 0.3) is 5.91 Å². The molecule has 2 fully saturated rings. The van der Waals surface area contributed by atoms with Gasteiger partial charge in [-0.2, -0.15) is 0 Å². The molecule has 1 aliphatic heterocycles. The van der Waals surface area contributed by atoms with Crippen molar-refractivity contribution in [2.45, 2.75) is 64.7 Å². The Morgan fingerprint density at radius 2 is 1.97 bits per heavy atom. The summed E-state index contributed by atoms with van der Waals surface area (Å²) in [5.74, 6) is 2.73. The molecule has 5 rings (SSSR count). The van der Waals surface area contributed by atoms with Crippen molar-refractivity contribution in [2.24, 2.45) is 11.8 Å². The number of nitrogens with zero attached hydrogens (tertiary/aromatic N) is 2. The molecular formula is C27H35N3O2. The second kappa shape index (κ2) is 9.22. The van der Waals surface area contributed by atoms with Crippen LogP contribution in [0.4, 0.5) is 5.69 Å². The highest BCUT2D eigenvalue weighted by atomic mass is 16.5. The number of carbonyl (C=O) groups excluding carboxylic acids is 1. The molecule has 1 unspecified atom stereocenters. The van der Waals surface area contributed by atoms with Crippen molar-refractivity contribution in [2.75, 3.05) is 25.0 Å². The summed E-state index contributed by atoms with van der Waals surface area (Å²) in [6.45, 7) is 7.83. The molecule has 2 aromatic rings. The van der Waals surface area contributed by atoms with E-state index in [9.17, 15) is 4.79 Å². The van der Waals surface area contributed by atoms with Crippen LogP contribution in [0.25, 0.3) is 5.57 Å². The van der Waals surface area contributed by atoms with Gasteiger partial charge < -0.3 is 14.7 Å². The zero-order chi connectivity index (χ0) is 22.1. The summed E-state index contributed by atoms with van der Waals surface area (Å²) in [4.78, 5) is 15.4. The molecule has 1 saturated heterocycles. The summed E-state index contributed by atoms with van der Waals surface area (Å²) in [7, 11) is 0. The van der Waals surface area contributed by atoms with E-state index in [2.05, 4.69) is 46.6 Å².